The fourth-order valence-electron chi connectivity index (χ4n) is 7.37. The van der Waals surface area contributed by atoms with Gasteiger partial charge in [0.2, 0.25) is 0 Å². The molecule has 2 N–H and O–H groups in total. The van der Waals surface area contributed by atoms with Gasteiger partial charge in [-0.25, -0.2) is 0 Å². The molecule has 33 heavy (non-hydrogen) atoms. The highest BCUT2D eigenvalue weighted by molar-refractivity contribution is 5.87. The normalized spacial score (nSPS) is 39.2. The first-order valence-corrected chi connectivity index (χ1v) is 13.3. The van der Waals surface area contributed by atoms with Crippen LogP contribution in [0.1, 0.15) is 91.4 Å². The molecule has 4 saturated carbocycles. The van der Waals surface area contributed by atoms with Gasteiger partial charge in [-0.15, -0.1) is 0 Å². The van der Waals surface area contributed by atoms with Gasteiger partial charge in [-0.3, -0.25) is 4.79 Å². The average Bonchev–Trinajstić information content (AvgIpc) is 3.48. The van der Waals surface area contributed by atoms with Crippen molar-refractivity contribution >= 4 is 5.78 Å². The first kappa shape index (κ1) is 24.7. The molecule has 3 heteroatoms. The van der Waals surface area contributed by atoms with E-state index >= 15 is 0 Å². The second kappa shape index (κ2) is 9.66. The molecule has 4 fully saturated rings. The van der Waals surface area contributed by atoms with Gasteiger partial charge >= 0.3 is 0 Å². The standard InChI is InChI=1S/C30H44O3/c1-5-28(33)30(16-17-30)15-6-8-20(2)25-12-13-26-22(9-7-14-29(25,26)4)10-11-23-18-24(31)19-27(32)21(23)3/h6,8,10-11,20,24-27,31-32H,3,5,7,9,12-19H2,1-2,4H3/t20-,24-,25-,26+,27+,29-/m1/s1. The van der Waals surface area contributed by atoms with Gasteiger partial charge in [0, 0.05) is 18.3 Å². The maximum Gasteiger partial charge on any atom is 0.139 e. The second-order valence-electron chi connectivity index (χ2n) is 11.7. The monoisotopic (exact) mass is 452 g/mol. The van der Waals surface area contributed by atoms with E-state index in [4.69, 9.17) is 0 Å². The first-order valence-electron chi connectivity index (χ1n) is 13.3. The van der Waals surface area contributed by atoms with Crippen molar-refractivity contribution in [2.24, 2.45) is 28.6 Å². The molecular formula is C30H44O3. The molecule has 4 aliphatic rings. The molecule has 0 amide bonds. The molecule has 0 aliphatic heterocycles. The van der Waals surface area contributed by atoms with E-state index in [0.29, 0.717) is 48.2 Å². The molecule has 0 aromatic heterocycles. The predicted molar refractivity (Wildman–Crippen MR) is 135 cm³/mol. The van der Waals surface area contributed by atoms with Crippen LogP contribution in [0.3, 0.4) is 0 Å². The summed E-state index contributed by atoms with van der Waals surface area (Å²) in [6.45, 7) is 11.0. The fraction of sp³-hybridized carbons (Fsp3) is 0.700. The Balaban J connectivity index is 1.44. The highest BCUT2D eigenvalue weighted by Crippen LogP contribution is 2.59. The summed E-state index contributed by atoms with van der Waals surface area (Å²) in [5.74, 6) is 2.28. The SMILES string of the molecule is C=C1C(=CC=C2CCC[C@]3(C)[C@@H]([C@H](C)C=CCC4(C(=O)CC)CC4)CC[C@@H]23)C[C@@H](O)C[C@@H]1O. The maximum atomic E-state index is 12.3. The zero-order chi connectivity index (χ0) is 23.8. The van der Waals surface area contributed by atoms with E-state index in [2.05, 4.69) is 44.7 Å². The van der Waals surface area contributed by atoms with Crippen LogP contribution in [0, 0.1) is 28.6 Å². The van der Waals surface area contributed by atoms with Gasteiger partial charge < -0.3 is 10.2 Å². The number of ketones is 1. The lowest BCUT2D eigenvalue weighted by Crippen LogP contribution is -2.35. The lowest BCUT2D eigenvalue weighted by atomic mass is 9.61. The molecule has 3 nitrogen and oxygen atoms in total. The molecule has 0 spiro atoms. The minimum absolute atomic E-state index is 0.0222. The maximum absolute atomic E-state index is 12.3. The lowest BCUT2D eigenvalue weighted by molar-refractivity contribution is -0.123. The fourth-order valence-corrected chi connectivity index (χ4v) is 7.37. The van der Waals surface area contributed by atoms with Gasteiger partial charge in [0.25, 0.3) is 0 Å². The summed E-state index contributed by atoms with van der Waals surface area (Å²) in [5.41, 5.74) is 3.62. The van der Waals surface area contributed by atoms with Gasteiger partial charge in [-0.1, -0.05) is 57.2 Å². The molecule has 4 rings (SSSR count). The van der Waals surface area contributed by atoms with Crippen molar-refractivity contribution in [3.8, 4) is 0 Å². The quantitative estimate of drug-likeness (QED) is 0.435. The Morgan fingerprint density at radius 2 is 1.97 bits per heavy atom. The Hall–Kier alpha value is -1.45. The number of Topliss-reactive ketones (excluding diaryl/α,β-unsaturated/α-hetero) is 1. The van der Waals surface area contributed by atoms with Crippen LogP contribution in [0.25, 0.3) is 0 Å². The van der Waals surface area contributed by atoms with Crippen LogP contribution in [0.5, 0.6) is 0 Å². The summed E-state index contributed by atoms with van der Waals surface area (Å²) >= 11 is 0. The van der Waals surface area contributed by atoms with Gasteiger partial charge in [-0.05, 0) is 92.1 Å². The van der Waals surface area contributed by atoms with Gasteiger partial charge in [0.05, 0.1) is 12.2 Å². The third-order valence-corrected chi connectivity index (χ3v) is 9.65. The number of aliphatic hydroxyl groups is 2. The van der Waals surface area contributed by atoms with E-state index in [1.165, 1.54) is 25.7 Å². The summed E-state index contributed by atoms with van der Waals surface area (Å²) in [6, 6.07) is 0. The minimum Gasteiger partial charge on any atom is -0.393 e. The second-order valence-corrected chi connectivity index (χ2v) is 11.7. The first-order chi connectivity index (χ1) is 15.7. The average molecular weight is 453 g/mol. The zero-order valence-corrected chi connectivity index (χ0v) is 21.0. The molecular weight excluding hydrogens is 408 g/mol. The number of aliphatic hydroxyl groups excluding tert-OH is 2. The van der Waals surface area contributed by atoms with E-state index in [1.807, 2.05) is 6.92 Å². The molecule has 182 valence electrons. The smallest absolute Gasteiger partial charge is 0.139 e. The molecule has 0 bridgehead atoms. The number of hydrogen-bond donors (Lipinski definition) is 2. The molecule has 6 atom stereocenters. The highest BCUT2D eigenvalue weighted by Gasteiger charge is 2.50. The Labute approximate surface area is 200 Å². The molecule has 0 saturated heterocycles. The van der Waals surface area contributed by atoms with Crippen LogP contribution < -0.4 is 0 Å². The van der Waals surface area contributed by atoms with E-state index < -0.39 is 12.2 Å². The number of rotatable bonds is 7. The van der Waals surface area contributed by atoms with Gasteiger partial charge in [0.15, 0.2) is 0 Å². The number of hydrogen-bond acceptors (Lipinski definition) is 3. The number of allylic oxidation sites excluding steroid dienone is 5. The van der Waals surface area contributed by atoms with Crippen molar-refractivity contribution in [1.82, 2.24) is 0 Å². The minimum atomic E-state index is -0.624. The Morgan fingerprint density at radius 3 is 2.67 bits per heavy atom. The Morgan fingerprint density at radius 1 is 1.21 bits per heavy atom. The summed E-state index contributed by atoms with van der Waals surface area (Å²) in [5, 5.41) is 20.2. The predicted octanol–water partition coefficient (Wildman–Crippen LogP) is 6.47. The zero-order valence-electron chi connectivity index (χ0n) is 21.0. The number of fused-ring (bicyclic) bond motifs is 1. The molecule has 4 aliphatic carbocycles. The van der Waals surface area contributed by atoms with Crippen molar-refractivity contribution in [3.05, 3.63) is 47.6 Å². The van der Waals surface area contributed by atoms with Crippen LogP contribution in [-0.2, 0) is 4.79 Å². The van der Waals surface area contributed by atoms with Crippen LogP contribution in [-0.4, -0.2) is 28.2 Å². The topological polar surface area (TPSA) is 57.5 Å². The van der Waals surface area contributed by atoms with Crippen molar-refractivity contribution in [3.63, 3.8) is 0 Å². The van der Waals surface area contributed by atoms with Crippen molar-refractivity contribution in [2.45, 2.75) is 104 Å². The summed E-state index contributed by atoms with van der Waals surface area (Å²) in [6.07, 6.45) is 19.0. The summed E-state index contributed by atoms with van der Waals surface area (Å²) in [4.78, 5) is 12.3. The van der Waals surface area contributed by atoms with E-state index in [9.17, 15) is 15.0 Å². The van der Waals surface area contributed by atoms with E-state index in [0.717, 1.165) is 36.8 Å². The van der Waals surface area contributed by atoms with Crippen molar-refractivity contribution in [2.75, 3.05) is 0 Å². The van der Waals surface area contributed by atoms with Gasteiger partial charge in [0.1, 0.15) is 5.78 Å². The van der Waals surface area contributed by atoms with E-state index in [1.54, 1.807) is 5.57 Å². The van der Waals surface area contributed by atoms with Crippen LogP contribution in [0.15, 0.2) is 47.6 Å². The third kappa shape index (κ3) is 4.86. The van der Waals surface area contributed by atoms with Crippen LogP contribution in [0.2, 0.25) is 0 Å². The number of carbonyl (C=O) groups excluding carboxylic acids is 1. The summed E-state index contributed by atoms with van der Waals surface area (Å²) in [7, 11) is 0. The Kier molecular flexibility index (Phi) is 7.22. The third-order valence-electron chi connectivity index (χ3n) is 9.65. The number of carbonyl (C=O) groups is 1. The van der Waals surface area contributed by atoms with Crippen LogP contribution in [0.4, 0.5) is 0 Å². The molecule has 0 unspecified atom stereocenters. The molecule has 0 radical (unpaired) electrons. The van der Waals surface area contributed by atoms with E-state index in [-0.39, 0.29) is 5.41 Å². The highest BCUT2D eigenvalue weighted by atomic mass is 16.3. The van der Waals surface area contributed by atoms with Crippen molar-refractivity contribution in [1.29, 1.82) is 0 Å². The summed E-state index contributed by atoms with van der Waals surface area (Å²) < 4.78 is 0. The lowest BCUT2D eigenvalue weighted by Gasteiger charge is -2.44. The molecule has 0 aromatic rings. The van der Waals surface area contributed by atoms with Gasteiger partial charge in [-0.2, -0.15) is 0 Å². The molecule has 0 heterocycles. The van der Waals surface area contributed by atoms with Crippen LogP contribution >= 0.6 is 0 Å². The molecule has 0 aromatic carbocycles. The largest absolute Gasteiger partial charge is 0.393 e. The Bertz CT molecular complexity index is 858. The van der Waals surface area contributed by atoms with Crippen molar-refractivity contribution < 1.29 is 15.0 Å².